The van der Waals surface area contributed by atoms with Gasteiger partial charge in [0.25, 0.3) is 0 Å². The first kappa shape index (κ1) is 14.6. The van der Waals surface area contributed by atoms with E-state index in [1.165, 1.54) is 6.33 Å². The lowest BCUT2D eigenvalue weighted by Crippen LogP contribution is -2.33. The van der Waals surface area contributed by atoms with Crippen LogP contribution in [0, 0.1) is 0 Å². The summed E-state index contributed by atoms with van der Waals surface area (Å²) in [4.78, 5) is 17.1. The molecule has 1 fully saturated rings. The Morgan fingerprint density at radius 1 is 1.36 bits per heavy atom. The van der Waals surface area contributed by atoms with Crippen LogP contribution in [0.4, 0.5) is 0 Å². The number of hydroxylamine groups is 1. The van der Waals surface area contributed by atoms with Crippen LogP contribution in [0.25, 0.3) is 5.69 Å². The van der Waals surface area contributed by atoms with E-state index in [0.717, 1.165) is 30.5 Å². The first-order valence-electron chi connectivity index (χ1n) is 7.20. The van der Waals surface area contributed by atoms with Gasteiger partial charge < -0.3 is 4.74 Å². The van der Waals surface area contributed by atoms with E-state index in [0.29, 0.717) is 6.61 Å². The van der Waals surface area contributed by atoms with Crippen molar-refractivity contribution < 1.29 is 14.4 Å². The molecule has 1 atom stereocenters. The van der Waals surface area contributed by atoms with Crippen LogP contribution in [-0.4, -0.2) is 39.0 Å². The highest BCUT2D eigenvalue weighted by Crippen LogP contribution is 2.13. The first-order chi connectivity index (χ1) is 10.8. The van der Waals surface area contributed by atoms with E-state index < -0.39 is 0 Å². The van der Waals surface area contributed by atoms with E-state index in [-0.39, 0.29) is 18.6 Å². The Morgan fingerprint density at radius 2 is 2.23 bits per heavy atom. The fraction of sp³-hybridized carbons (Fsp3) is 0.429. The predicted octanol–water partition coefficient (Wildman–Crippen LogP) is 0.779. The number of carbonyl (C=O) groups is 1. The van der Waals surface area contributed by atoms with Crippen LogP contribution in [0.2, 0.25) is 0 Å². The minimum absolute atomic E-state index is 0.204. The Bertz CT molecular complexity index is 593. The van der Waals surface area contributed by atoms with Gasteiger partial charge in [0, 0.05) is 13.0 Å². The summed E-state index contributed by atoms with van der Waals surface area (Å²) in [7, 11) is 0. The van der Waals surface area contributed by atoms with Crippen molar-refractivity contribution in [3.63, 3.8) is 0 Å². The molecule has 8 heteroatoms. The highest BCUT2D eigenvalue weighted by Gasteiger charge is 2.15. The summed E-state index contributed by atoms with van der Waals surface area (Å²) < 4.78 is 6.93. The number of tetrazole rings is 1. The largest absolute Gasteiger partial charge is 0.350 e. The molecule has 1 N–H and O–H groups in total. The number of carbonyl (C=O) groups excluding carboxylic acids is 1. The zero-order valence-corrected chi connectivity index (χ0v) is 12.0. The van der Waals surface area contributed by atoms with Crippen LogP contribution in [0.15, 0.2) is 30.6 Å². The minimum atomic E-state index is -0.333. The topological polar surface area (TPSA) is 91.2 Å². The molecule has 1 aromatic carbocycles. The fourth-order valence-corrected chi connectivity index (χ4v) is 2.20. The van der Waals surface area contributed by atoms with Crippen molar-refractivity contribution in [3.8, 4) is 5.69 Å². The van der Waals surface area contributed by atoms with Crippen molar-refractivity contribution in [2.24, 2.45) is 0 Å². The zero-order chi connectivity index (χ0) is 15.2. The second-order valence-corrected chi connectivity index (χ2v) is 5.04. The molecule has 0 aliphatic carbocycles. The molecular formula is C14H17N5O3. The number of hydrogen-bond acceptors (Lipinski definition) is 6. The number of nitrogens with one attached hydrogen (secondary N) is 1. The maximum atomic E-state index is 11.8. The predicted molar refractivity (Wildman–Crippen MR) is 75.7 cm³/mol. The van der Waals surface area contributed by atoms with Crippen LogP contribution in [0.3, 0.4) is 0 Å². The third-order valence-electron chi connectivity index (χ3n) is 3.36. The van der Waals surface area contributed by atoms with Gasteiger partial charge in [0.05, 0.1) is 12.1 Å². The van der Waals surface area contributed by atoms with Gasteiger partial charge in [-0.15, -0.1) is 5.10 Å². The van der Waals surface area contributed by atoms with Crippen molar-refractivity contribution in [2.45, 2.75) is 32.0 Å². The molecule has 2 aromatic rings. The third-order valence-corrected chi connectivity index (χ3v) is 3.36. The Morgan fingerprint density at radius 3 is 2.91 bits per heavy atom. The number of amides is 1. The molecule has 0 bridgehead atoms. The number of aromatic nitrogens is 4. The lowest BCUT2D eigenvalue weighted by atomic mass is 10.1. The molecule has 3 rings (SSSR count). The molecule has 0 saturated carbocycles. The van der Waals surface area contributed by atoms with Crippen LogP contribution in [0.1, 0.15) is 24.8 Å². The molecule has 0 radical (unpaired) electrons. The molecule has 1 aliphatic heterocycles. The Labute approximate surface area is 127 Å². The summed E-state index contributed by atoms with van der Waals surface area (Å²) in [5, 5.41) is 11.0. The summed E-state index contributed by atoms with van der Waals surface area (Å²) in [6.07, 6.45) is 4.32. The monoisotopic (exact) mass is 303 g/mol. The summed E-state index contributed by atoms with van der Waals surface area (Å²) in [6.45, 7) is 0.680. The van der Waals surface area contributed by atoms with Gasteiger partial charge in [-0.25, -0.2) is 15.0 Å². The Balaban J connectivity index is 1.48. The molecule has 8 nitrogen and oxygen atoms in total. The van der Waals surface area contributed by atoms with Crippen LogP contribution >= 0.6 is 0 Å². The van der Waals surface area contributed by atoms with Gasteiger partial charge in [-0.3, -0.25) is 4.79 Å². The summed E-state index contributed by atoms with van der Waals surface area (Å²) in [5.74, 6) is -0.204. The summed E-state index contributed by atoms with van der Waals surface area (Å²) in [6, 6.07) is 7.41. The van der Waals surface area contributed by atoms with Gasteiger partial charge in [0.1, 0.15) is 6.33 Å². The van der Waals surface area contributed by atoms with E-state index >= 15 is 0 Å². The maximum absolute atomic E-state index is 11.8. The number of ether oxygens (including phenoxy) is 1. The third kappa shape index (κ3) is 3.86. The van der Waals surface area contributed by atoms with Crippen molar-refractivity contribution >= 4 is 5.91 Å². The molecule has 0 spiro atoms. The van der Waals surface area contributed by atoms with E-state index in [1.54, 1.807) is 4.68 Å². The van der Waals surface area contributed by atoms with Crippen LogP contribution in [0.5, 0.6) is 0 Å². The van der Waals surface area contributed by atoms with Crippen LogP contribution < -0.4 is 5.48 Å². The molecule has 1 aliphatic rings. The highest BCUT2D eigenvalue weighted by atomic mass is 16.8. The molecule has 1 aromatic heterocycles. The minimum Gasteiger partial charge on any atom is -0.350 e. The van der Waals surface area contributed by atoms with E-state index in [9.17, 15) is 4.79 Å². The van der Waals surface area contributed by atoms with Crippen molar-refractivity contribution in [3.05, 3.63) is 36.2 Å². The van der Waals surface area contributed by atoms with E-state index in [4.69, 9.17) is 9.57 Å². The zero-order valence-electron chi connectivity index (χ0n) is 12.0. The average Bonchev–Trinajstić information content (AvgIpc) is 3.09. The number of benzene rings is 1. The van der Waals surface area contributed by atoms with Gasteiger partial charge in [-0.2, -0.15) is 0 Å². The van der Waals surface area contributed by atoms with E-state index in [1.807, 2.05) is 24.3 Å². The maximum Gasteiger partial charge on any atom is 0.248 e. The standard InChI is InChI=1S/C14H17N5O3/c20-13(16-22-14-3-1-2-8-21-14)9-11-4-6-12(7-5-11)19-10-15-17-18-19/h4-7,10,14H,1-3,8-9H2,(H,16,20). The molecule has 1 saturated heterocycles. The molecule has 2 heterocycles. The van der Waals surface area contributed by atoms with Gasteiger partial charge in [0.2, 0.25) is 5.91 Å². The van der Waals surface area contributed by atoms with Gasteiger partial charge >= 0.3 is 0 Å². The Kier molecular flexibility index (Phi) is 4.71. The van der Waals surface area contributed by atoms with Crippen molar-refractivity contribution in [1.29, 1.82) is 0 Å². The SMILES string of the molecule is O=C(Cc1ccc(-n2cnnn2)cc1)NOC1CCCCO1. The van der Waals surface area contributed by atoms with Crippen molar-refractivity contribution in [2.75, 3.05) is 6.61 Å². The summed E-state index contributed by atoms with van der Waals surface area (Å²) in [5.41, 5.74) is 4.15. The molecule has 116 valence electrons. The van der Waals surface area contributed by atoms with E-state index in [2.05, 4.69) is 21.0 Å². The van der Waals surface area contributed by atoms with Gasteiger partial charge in [-0.1, -0.05) is 12.1 Å². The summed E-state index contributed by atoms with van der Waals surface area (Å²) >= 11 is 0. The number of hydrogen-bond donors (Lipinski definition) is 1. The Hall–Kier alpha value is -2.32. The highest BCUT2D eigenvalue weighted by molar-refractivity contribution is 5.77. The average molecular weight is 303 g/mol. The lowest BCUT2D eigenvalue weighted by molar-refractivity contribution is -0.200. The fourth-order valence-electron chi connectivity index (χ4n) is 2.20. The molecular weight excluding hydrogens is 286 g/mol. The van der Waals surface area contributed by atoms with Gasteiger partial charge in [-0.05, 0) is 41.0 Å². The number of nitrogens with zero attached hydrogens (tertiary/aromatic N) is 4. The van der Waals surface area contributed by atoms with Crippen molar-refractivity contribution in [1.82, 2.24) is 25.7 Å². The molecule has 22 heavy (non-hydrogen) atoms. The number of rotatable bonds is 5. The first-order valence-corrected chi connectivity index (χ1v) is 7.20. The second-order valence-electron chi connectivity index (χ2n) is 5.04. The lowest BCUT2D eigenvalue weighted by Gasteiger charge is -2.22. The second kappa shape index (κ2) is 7.10. The quantitative estimate of drug-likeness (QED) is 0.821. The van der Waals surface area contributed by atoms with Crippen LogP contribution in [-0.2, 0) is 20.8 Å². The van der Waals surface area contributed by atoms with Gasteiger partial charge in [0.15, 0.2) is 6.29 Å². The molecule has 1 amide bonds. The molecule has 1 unspecified atom stereocenters. The smallest absolute Gasteiger partial charge is 0.248 e. The normalized spacial score (nSPS) is 18.1.